The first-order valence-corrected chi connectivity index (χ1v) is 6.34. The maximum Gasteiger partial charge on any atom is 0.354 e. The number of carbonyl (C=O) groups excluding carboxylic acids is 1. The van der Waals surface area contributed by atoms with E-state index in [9.17, 15) is 4.79 Å². The van der Waals surface area contributed by atoms with Gasteiger partial charge in [-0.2, -0.15) is 0 Å². The van der Waals surface area contributed by atoms with E-state index in [4.69, 9.17) is 4.74 Å². The van der Waals surface area contributed by atoms with E-state index in [1.807, 2.05) is 12.2 Å². The summed E-state index contributed by atoms with van der Waals surface area (Å²) in [6, 6.07) is 1.79. The van der Waals surface area contributed by atoms with Crippen LogP contribution in [0.25, 0.3) is 5.57 Å². The lowest BCUT2D eigenvalue weighted by Crippen LogP contribution is -2.01. The first kappa shape index (κ1) is 12.1. The Morgan fingerprint density at radius 2 is 2.29 bits per heavy atom. The monoisotopic (exact) mass is 251 g/mol. The van der Waals surface area contributed by atoms with Crippen molar-refractivity contribution < 1.29 is 14.3 Å². The van der Waals surface area contributed by atoms with Gasteiger partial charge in [-0.1, -0.05) is 26.5 Å². The number of H-pyrrole nitrogens is 1. The van der Waals surface area contributed by atoms with Crippen molar-refractivity contribution in [1.29, 1.82) is 0 Å². The minimum Gasteiger partial charge on any atom is -0.464 e. The van der Waals surface area contributed by atoms with E-state index in [0.29, 0.717) is 14.3 Å². The van der Waals surface area contributed by atoms with Gasteiger partial charge in [-0.15, -0.1) is 0 Å². The van der Waals surface area contributed by atoms with Gasteiger partial charge in [-0.25, -0.2) is 4.79 Å². The van der Waals surface area contributed by atoms with Crippen molar-refractivity contribution in [3.8, 4) is 0 Å². The van der Waals surface area contributed by atoms with Gasteiger partial charge in [0.05, 0.1) is 13.0 Å². The van der Waals surface area contributed by atoms with Crippen molar-refractivity contribution in [2.45, 2.75) is 5.85 Å². The second kappa shape index (κ2) is 5.30. The second-order valence-corrected chi connectivity index (χ2v) is 4.77. The molecular formula is C12H14NO3P. The fourth-order valence-corrected chi connectivity index (χ4v) is 2.53. The van der Waals surface area contributed by atoms with E-state index in [-0.39, 0.29) is 11.8 Å². The molecule has 2 heterocycles. The SMILES string of the molecule is COC(=O)c1cc(C2=CPC(OC)C=C2)c[nH]1. The van der Waals surface area contributed by atoms with Gasteiger partial charge in [-0.05, 0) is 11.6 Å². The van der Waals surface area contributed by atoms with Crippen molar-refractivity contribution in [3.05, 3.63) is 41.5 Å². The van der Waals surface area contributed by atoms with Gasteiger partial charge in [0.2, 0.25) is 0 Å². The molecule has 0 saturated heterocycles. The number of rotatable bonds is 3. The third-order valence-electron chi connectivity index (χ3n) is 2.53. The molecule has 2 unspecified atom stereocenters. The molecule has 5 heteroatoms. The second-order valence-electron chi connectivity index (χ2n) is 3.58. The summed E-state index contributed by atoms with van der Waals surface area (Å²) < 4.78 is 9.88. The summed E-state index contributed by atoms with van der Waals surface area (Å²) in [6.45, 7) is 0. The predicted octanol–water partition coefficient (Wildman–Crippen LogP) is 2.36. The van der Waals surface area contributed by atoms with Crippen LogP contribution in [-0.4, -0.2) is 31.0 Å². The summed E-state index contributed by atoms with van der Waals surface area (Å²) in [5.41, 5.74) is 2.56. The fraction of sp³-hybridized carbons (Fsp3) is 0.250. The average molecular weight is 251 g/mol. The number of nitrogens with one attached hydrogen (secondary N) is 1. The molecule has 1 aliphatic rings. The van der Waals surface area contributed by atoms with Crippen LogP contribution in [0.1, 0.15) is 16.1 Å². The van der Waals surface area contributed by atoms with Crippen LogP contribution in [0.5, 0.6) is 0 Å². The maximum absolute atomic E-state index is 11.3. The molecule has 90 valence electrons. The lowest BCUT2D eigenvalue weighted by Gasteiger charge is -2.13. The molecule has 0 aliphatic carbocycles. The topological polar surface area (TPSA) is 51.3 Å². The normalized spacial score (nSPS) is 20.4. The molecular weight excluding hydrogens is 237 g/mol. The first-order valence-electron chi connectivity index (χ1n) is 5.19. The summed E-state index contributed by atoms with van der Waals surface area (Å²) >= 11 is 0. The molecule has 0 fully saturated rings. The number of aromatic nitrogens is 1. The highest BCUT2D eigenvalue weighted by molar-refractivity contribution is 7.43. The molecule has 1 aliphatic heterocycles. The zero-order chi connectivity index (χ0) is 12.3. The van der Waals surface area contributed by atoms with Crippen molar-refractivity contribution >= 4 is 20.1 Å². The number of ether oxygens (including phenoxy) is 2. The van der Waals surface area contributed by atoms with Gasteiger partial charge < -0.3 is 14.5 Å². The number of aromatic amines is 1. The molecule has 2 atom stereocenters. The Bertz CT molecular complexity index is 476. The molecule has 0 aromatic carbocycles. The van der Waals surface area contributed by atoms with Crippen LogP contribution in [0.3, 0.4) is 0 Å². The highest BCUT2D eigenvalue weighted by atomic mass is 31.1. The van der Waals surface area contributed by atoms with Gasteiger partial charge in [-0.3, -0.25) is 0 Å². The highest BCUT2D eigenvalue weighted by Gasteiger charge is 2.12. The maximum atomic E-state index is 11.3. The predicted molar refractivity (Wildman–Crippen MR) is 68.4 cm³/mol. The number of carbonyl (C=O) groups is 1. The third kappa shape index (κ3) is 2.65. The van der Waals surface area contributed by atoms with Crippen LogP contribution in [0.15, 0.2) is 30.2 Å². The van der Waals surface area contributed by atoms with E-state index in [2.05, 4.69) is 15.5 Å². The molecule has 0 radical (unpaired) electrons. The van der Waals surface area contributed by atoms with Crippen molar-refractivity contribution in [2.75, 3.05) is 14.2 Å². The van der Waals surface area contributed by atoms with Crippen LogP contribution < -0.4 is 0 Å². The molecule has 17 heavy (non-hydrogen) atoms. The average Bonchev–Trinajstić information content (AvgIpc) is 2.87. The number of esters is 1. The van der Waals surface area contributed by atoms with Crippen LogP contribution in [0.2, 0.25) is 0 Å². The molecule has 2 rings (SSSR count). The number of hydrogen-bond acceptors (Lipinski definition) is 3. The summed E-state index contributed by atoms with van der Waals surface area (Å²) in [4.78, 5) is 14.2. The largest absolute Gasteiger partial charge is 0.464 e. The number of methoxy groups -OCH3 is 2. The molecule has 0 saturated carbocycles. The van der Waals surface area contributed by atoms with Crippen molar-refractivity contribution in [2.24, 2.45) is 0 Å². The summed E-state index contributed by atoms with van der Waals surface area (Å²) in [5, 5.41) is 0. The van der Waals surface area contributed by atoms with Gasteiger partial charge >= 0.3 is 5.97 Å². The zero-order valence-electron chi connectivity index (χ0n) is 9.69. The van der Waals surface area contributed by atoms with E-state index < -0.39 is 0 Å². The standard InChI is InChI=1S/C12H14NO3P/c1-15-11-4-3-8(7-17-11)9-5-10(13-6-9)12(14)16-2/h3-7,11,13,17H,1-2H3. The van der Waals surface area contributed by atoms with E-state index in [1.165, 1.54) is 7.11 Å². The molecule has 4 nitrogen and oxygen atoms in total. The molecule has 0 spiro atoms. The quantitative estimate of drug-likeness (QED) is 0.662. The first-order chi connectivity index (χ1) is 8.24. The summed E-state index contributed by atoms with van der Waals surface area (Å²) in [5.74, 6) is 1.95. The number of allylic oxidation sites excluding steroid dienone is 2. The minimum atomic E-state index is -0.353. The number of hydrogen-bond donors (Lipinski definition) is 1. The highest BCUT2D eigenvalue weighted by Crippen LogP contribution is 2.33. The van der Waals surface area contributed by atoms with E-state index in [1.54, 1.807) is 19.4 Å². The van der Waals surface area contributed by atoms with Crippen molar-refractivity contribution in [1.82, 2.24) is 4.98 Å². The smallest absolute Gasteiger partial charge is 0.354 e. The Balaban J connectivity index is 2.14. The third-order valence-corrected chi connectivity index (χ3v) is 3.76. The Morgan fingerprint density at radius 1 is 1.47 bits per heavy atom. The van der Waals surface area contributed by atoms with E-state index in [0.717, 1.165) is 11.1 Å². The zero-order valence-corrected chi connectivity index (χ0v) is 10.7. The van der Waals surface area contributed by atoms with Gasteiger partial charge in [0.1, 0.15) is 5.69 Å². The van der Waals surface area contributed by atoms with Gasteiger partial charge in [0, 0.05) is 18.9 Å². The van der Waals surface area contributed by atoms with E-state index >= 15 is 0 Å². The van der Waals surface area contributed by atoms with Gasteiger partial charge in [0.25, 0.3) is 0 Å². The van der Waals surface area contributed by atoms with Crippen LogP contribution in [0.4, 0.5) is 0 Å². The molecule has 0 amide bonds. The Hall–Kier alpha value is -1.38. The van der Waals surface area contributed by atoms with Crippen molar-refractivity contribution in [3.63, 3.8) is 0 Å². The minimum absolute atomic E-state index is 0.178. The molecule has 0 bridgehead atoms. The Kier molecular flexibility index (Phi) is 3.77. The lowest BCUT2D eigenvalue weighted by molar-refractivity contribution is 0.0595. The van der Waals surface area contributed by atoms with Crippen LogP contribution >= 0.6 is 8.58 Å². The van der Waals surface area contributed by atoms with Gasteiger partial charge in [0.15, 0.2) is 0 Å². The van der Waals surface area contributed by atoms with Crippen LogP contribution in [0, 0.1) is 0 Å². The summed E-state index contributed by atoms with van der Waals surface area (Å²) in [7, 11) is 3.67. The fourth-order valence-electron chi connectivity index (χ4n) is 1.58. The molecule has 1 N–H and O–H groups in total. The lowest BCUT2D eigenvalue weighted by atomic mass is 10.1. The Labute approximate surface area is 101 Å². The molecule has 1 aromatic heterocycles. The molecule has 1 aromatic rings. The van der Waals surface area contributed by atoms with Crippen LogP contribution in [-0.2, 0) is 9.47 Å². The summed E-state index contributed by atoms with van der Waals surface area (Å²) in [6.07, 6.45) is 5.84. The Morgan fingerprint density at radius 3 is 2.88 bits per heavy atom.